The topological polar surface area (TPSA) is 40.6 Å². The summed E-state index contributed by atoms with van der Waals surface area (Å²) in [6, 6.07) is 116. The van der Waals surface area contributed by atoms with Crippen LogP contribution in [0.3, 0.4) is 0 Å². The smallest absolute Gasteiger partial charge is 0.235 e. The van der Waals surface area contributed by atoms with Crippen molar-refractivity contribution in [2.75, 3.05) is 0 Å². The molecule has 15 aromatic carbocycles. The fraction of sp³-hybridized carbons (Fsp3) is 0.0909. The molecule has 0 unspecified atom stereocenters. The molecule has 0 saturated carbocycles. The van der Waals surface area contributed by atoms with Gasteiger partial charge in [-0.2, -0.15) is 0 Å². The Balaban J connectivity index is 0.758. The van der Waals surface area contributed by atoms with Crippen molar-refractivity contribution in [2.45, 2.75) is 57.8 Å². The van der Waals surface area contributed by atoms with Gasteiger partial charge in [0.05, 0.1) is 50.0 Å². The summed E-state index contributed by atoms with van der Waals surface area (Å²) in [6.07, 6.45) is 0. The van der Waals surface area contributed by atoms with E-state index in [4.69, 9.17) is 9.97 Å². The molecule has 5 nitrogen and oxygen atoms in total. The van der Waals surface area contributed by atoms with E-state index in [9.17, 15) is 0 Å². The average molecular weight is 1330 g/mol. The van der Waals surface area contributed by atoms with Crippen LogP contribution in [-0.4, -0.2) is 23.7 Å². The van der Waals surface area contributed by atoms with Gasteiger partial charge in [0, 0.05) is 70.6 Å². The molecule has 0 amide bonds. The SMILES string of the molecule is CC1(C)c2ccccc2-c2ccc(-c3ccc4c5ccccc5n(-c5ccc6nc(-n7c8ccccc8c8ccc(-c9ccc%10c(c9)C(C)(C)c9ccccc9-%10)cc87)nc(-c7ccc(-n8c9ccccc9c9ccc(-c%10ccc%11c(c%10)C(C)(C)c%10ccccc%10-%11)cc98)c8ccccc78)c6c5)c4c3)cc21. The van der Waals surface area contributed by atoms with Crippen LogP contribution in [0.5, 0.6) is 0 Å². The summed E-state index contributed by atoms with van der Waals surface area (Å²) in [5.74, 6) is 0.609. The Morgan fingerprint density at radius 2 is 0.567 bits per heavy atom. The van der Waals surface area contributed by atoms with Crippen molar-refractivity contribution in [2.24, 2.45) is 0 Å². The lowest BCUT2D eigenvalue weighted by molar-refractivity contribution is 0.660. The van der Waals surface area contributed by atoms with Crippen LogP contribution in [0.2, 0.25) is 0 Å². The summed E-state index contributed by atoms with van der Waals surface area (Å²) in [4.78, 5) is 11.8. The van der Waals surface area contributed by atoms with Gasteiger partial charge in [0.25, 0.3) is 0 Å². The fourth-order valence-electron chi connectivity index (χ4n) is 19.1. The number of rotatable bonds is 7. The van der Waals surface area contributed by atoms with E-state index in [1.54, 1.807) is 0 Å². The summed E-state index contributed by atoms with van der Waals surface area (Å²) < 4.78 is 7.29. The van der Waals surface area contributed by atoms with Crippen molar-refractivity contribution in [3.8, 4) is 95.3 Å². The van der Waals surface area contributed by atoms with Crippen LogP contribution in [0.25, 0.3) is 182 Å². The molecule has 0 atom stereocenters. The zero-order valence-electron chi connectivity index (χ0n) is 58.7. The summed E-state index contributed by atoms with van der Waals surface area (Å²) >= 11 is 0. The molecule has 22 rings (SSSR count). The van der Waals surface area contributed by atoms with Gasteiger partial charge in [0.15, 0.2) is 0 Å². The fourth-order valence-corrected chi connectivity index (χ4v) is 19.1. The highest BCUT2D eigenvalue weighted by Crippen LogP contribution is 2.54. The van der Waals surface area contributed by atoms with Gasteiger partial charge in [0.2, 0.25) is 5.95 Å². The van der Waals surface area contributed by atoms with E-state index in [0.717, 1.165) is 93.7 Å². The van der Waals surface area contributed by atoms with E-state index < -0.39 is 0 Å². The molecule has 0 radical (unpaired) electrons. The number of hydrogen-bond donors (Lipinski definition) is 0. The molecule has 3 aliphatic rings. The second-order valence-corrected chi connectivity index (χ2v) is 30.8. The van der Waals surface area contributed by atoms with E-state index in [1.165, 1.54) is 116 Å². The summed E-state index contributed by atoms with van der Waals surface area (Å²) in [6.45, 7) is 14.2. The maximum absolute atomic E-state index is 6.03. The molecular weight excluding hydrogens is 1260 g/mol. The van der Waals surface area contributed by atoms with Gasteiger partial charge in [-0.15, -0.1) is 0 Å². The minimum absolute atomic E-state index is 0.119. The maximum atomic E-state index is 6.03. The van der Waals surface area contributed by atoms with Crippen LogP contribution < -0.4 is 0 Å². The predicted molar refractivity (Wildman–Crippen MR) is 434 cm³/mol. The van der Waals surface area contributed by atoms with Crippen LogP contribution in [-0.2, 0) is 16.2 Å². The molecule has 0 N–H and O–H groups in total. The Bertz CT molecular complexity index is 7020. The maximum Gasteiger partial charge on any atom is 0.235 e. The molecule has 0 bridgehead atoms. The first-order valence-electron chi connectivity index (χ1n) is 36.5. The lowest BCUT2D eigenvalue weighted by Gasteiger charge is -2.22. The minimum atomic E-state index is -0.140. The molecule has 5 heteroatoms. The van der Waals surface area contributed by atoms with Crippen LogP contribution in [0.1, 0.15) is 74.9 Å². The molecule has 104 heavy (non-hydrogen) atoms. The Morgan fingerprint density at radius 3 is 1.05 bits per heavy atom. The molecule has 4 heterocycles. The minimum Gasteiger partial charge on any atom is -0.309 e. The Kier molecular flexibility index (Phi) is 12.0. The molecule has 0 spiro atoms. The summed E-state index contributed by atoms with van der Waals surface area (Å²) in [7, 11) is 0. The van der Waals surface area contributed by atoms with Crippen LogP contribution in [0.4, 0.5) is 0 Å². The highest BCUT2D eigenvalue weighted by atomic mass is 15.2. The first-order valence-corrected chi connectivity index (χ1v) is 36.5. The van der Waals surface area contributed by atoms with Crippen molar-refractivity contribution >= 4 is 87.1 Å². The molecule has 490 valence electrons. The highest BCUT2D eigenvalue weighted by molar-refractivity contribution is 6.15. The highest BCUT2D eigenvalue weighted by Gasteiger charge is 2.38. The Labute approximate surface area is 602 Å². The number of hydrogen-bond acceptors (Lipinski definition) is 2. The zero-order chi connectivity index (χ0) is 69.2. The van der Waals surface area contributed by atoms with Crippen LogP contribution >= 0.6 is 0 Å². The van der Waals surface area contributed by atoms with E-state index in [1.807, 2.05) is 0 Å². The zero-order valence-corrected chi connectivity index (χ0v) is 58.7. The van der Waals surface area contributed by atoms with Crippen molar-refractivity contribution in [3.05, 3.63) is 343 Å². The summed E-state index contributed by atoms with van der Waals surface area (Å²) in [5, 5.41) is 10.3. The third-order valence-corrected chi connectivity index (χ3v) is 24.3. The van der Waals surface area contributed by atoms with Gasteiger partial charge in [-0.25, -0.2) is 9.97 Å². The van der Waals surface area contributed by atoms with E-state index >= 15 is 0 Å². The van der Waals surface area contributed by atoms with Crippen LogP contribution in [0, 0.1) is 0 Å². The van der Waals surface area contributed by atoms with Crippen molar-refractivity contribution in [1.29, 1.82) is 0 Å². The second-order valence-electron chi connectivity index (χ2n) is 30.8. The van der Waals surface area contributed by atoms with Crippen LogP contribution in [0.15, 0.2) is 309 Å². The largest absolute Gasteiger partial charge is 0.309 e. The van der Waals surface area contributed by atoms with E-state index in [0.29, 0.717) is 5.95 Å². The molecule has 0 fully saturated rings. The molecule has 0 saturated heterocycles. The second kappa shape index (κ2) is 21.2. The average Bonchev–Trinajstić information content (AvgIpc) is 1.54. The van der Waals surface area contributed by atoms with Gasteiger partial charge in [0.1, 0.15) is 0 Å². The molecular formula is C99H69N5. The number of fused-ring (bicyclic) bond motifs is 20. The quantitative estimate of drug-likeness (QED) is 0.160. The van der Waals surface area contributed by atoms with Crippen molar-refractivity contribution < 1.29 is 0 Å². The van der Waals surface area contributed by atoms with Crippen molar-refractivity contribution in [1.82, 2.24) is 23.7 Å². The van der Waals surface area contributed by atoms with Gasteiger partial charge in [-0.05, 0) is 184 Å². The van der Waals surface area contributed by atoms with Crippen molar-refractivity contribution in [3.63, 3.8) is 0 Å². The Hall–Kier alpha value is -12.7. The number of para-hydroxylation sites is 3. The third kappa shape index (κ3) is 8.15. The monoisotopic (exact) mass is 1330 g/mol. The van der Waals surface area contributed by atoms with Gasteiger partial charge in [-0.1, -0.05) is 272 Å². The van der Waals surface area contributed by atoms with Gasteiger partial charge < -0.3 is 9.13 Å². The molecule has 0 aliphatic heterocycles. The third-order valence-electron chi connectivity index (χ3n) is 24.3. The number of aromatic nitrogens is 5. The van der Waals surface area contributed by atoms with Gasteiger partial charge >= 0.3 is 0 Å². The van der Waals surface area contributed by atoms with Gasteiger partial charge in [-0.3, -0.25) is 4.57 Å². The predicted octanol–water partition coefficient (Wildman–Crippen LogP) is 25.7. The molecule has 19 aromatic rings. The first-order chi connectivity index (χ1) is 50.8. The Morgan fingerprint density at radius 1 is 0.221 bits per heavy atom. The first kappa shape index (κ1) is 59.0. The number of benzene rings is 15. The lowest BCUT2D eigenvalue weighted by atomic mass is 9.81. The van der Waals surface area contributed by atoms with E-state index in [-0.39, 0.29) is 16.2 Å². The van der Waals surface area contributed by atoms with E-state index in [2.05, 4.69) is 365 Å². The normalized spacial score (nSPS) is 14.3. The number of nitrogens with zero attached hydrogens (tertiary/aromatic N) is 5. The lowest BCUT2D eigenvalue weighted by Crippen LogP contribution is -2.14. The molecule has 4 aromatic heterocycles. The summed E-state index contributed by atoms with van der Waals surface area (Å²) in [5.41, 5.74) is 34.4. The molecule has 3 aliphatic carbocycles. The standard InChI is InChI=1S/C99H69N5/c1-97(2)81-29-15-9-22-66(81)69-42-35-58(51-84(69)97)61-38-45-76-73-26-12-18-32-88(73)102(92(76)54-61)64-41-49-87-80(57-64)95(101-96(100-87)104-90-34-20-14-28-75(90)78-47-40-63(56-94(78)104)60-37-44-71-68-24-11-17-31-83(68)99(5,6)86(71)53-60)79-48-50-91(72-25-8-7-21-65(72)79)103-89-33-19-13-27-74(89)77-46-39-62(55-93(77)103)59-36-43-70-67-23-10-16-30-82(67)98(3,4)85(70)52-59/h7-57H,1-6H3.